The summed E-state index contributed by atoms with van der Waals surface area (Å²) in [6, 6.07) is 4.69. The van der Waals surface area contributed by atoms with Crippen molar-refractivity contribution in [2.45, 2.75) is 45.2 Å². The zero-order chi connectivity index (χ0) is 14.6. The molecule has 0 aliphatic carbocycles. The molecular formula is C16H24ClFN2. The lowest BCUT2D eigenvalue weighted by Crippen LogP contribution is -2.50. The molecule has 1 N–H and O–H groups in total. The first kappa shape index (κ1) is 15.7. The quantitative estimate of drug-likeness (QED) is 0.909. The summed E-state index contributed by atoms with van der Waals surface area (Å²) in [4.78, 5) is 2.44. The van der Waals surface area contributed by atoms with Gasteiger partial charge in [0.2, 0.25) is 0 Å². The second-order valence-electron chi connectivity index (χ2n) is 5.71. The zero-order valence-electron chi connectivity index (χ0n) is 12.4. The third kappa shape index (κ3) is 3.72. The Kier molecular flexibility index (Phi) is 5.42. The van der Waals surface area contributed by atoms with Gasteiger partial charge in [0.05, 0.1) is 0 Å². The van der Waals surface area contributed by atoms with Crippen molar-refractivity contribution in [1.82, 2.24) is 10.2 Å². The van der Waals surface area contributed by atoms with E-state index in [9.17, 15) is 4.39 Å². The number of hydrogen-bond donors (Lipinski definition) is 1. The highest BCUT2D eigenvalue weighted by Gasteiger charge is 2.30. The third-order valence-electron chi connectivity index (χ3n) is 4.44. The topological polar surface area (TPSA) is 15.3 Å². The maximum absolute atomic E-state index is 13.1. The van der Waals surface area contributed by atoms with E-state index in [1.165, 1.54) is 12.1 Å². The van der Waals surface area contributed by atoms with E-state index >= 15 is 0 Å². The molecule has 4 heteroatoms. The van der Waals surface area contributed by atoms with Gasteiger partial charge in [-0.2, -0.15) is 0 Å². The van der Waals surface area contributed by atoms with Crippen LogP contribution in [-0.4, -0.2) is 30.1 Å². The highest BCUT2D eigenvalue weighted by atomic mass is 35.5. The molecule has 112 valence electrons. The van der Waals surface area contributed by atoms with Gasteiger partial charge >= 0.3 is 0 Å². The van der Waals surface area contributed by atoms with Gasteiger partial charge in [-0.3, -0.25) is 4.90 Å². The molecular weight excluding hydrogens is 275 g/mol. The Labute approximate surface area is 126 Å². The van der Waals surface area contributed by atoms with E-state index in [1.807, 2.05) is 0 Å². The number of rotatable bonds is 4. The van der Waals surface area contributed by atoms with Gasteiger partial charge in [-0.25, -0.2) is 4.39 Å². The molecule has 0 spiro atoms. The van der Waals surface area contributed by atoms with Gasteiger partial charge < -0.3 is 5.32 Å². The van der Waals surface area contributed by atoms with Crippen LogP contribution in [0.1, 0.15) is 38.7 Å². The van der Waals surface area contributed by atoms with E-state index in [1.54, 1.807) is 6.07 Å². The predicted octanol–water partition coefficient (Wildman–Crippen LogP) is 3.83. The van der Waals surface area contributed by atoms with Gasteiger partial charge in [0, 0.05) is 23.7 Å². The largest absolute Gasteiger partial charge is 0.310 e. The molecule has 2 nitrogen and oxygen atoms in total. The van der Waals surface area contributed by atoms with Gasteiger partial charge in [0.15, 0.2) is 0 Å². The Morgan fingerprint density at radius 3 is 2.75 bits per heavy atom. The molecule has 0 aromatic heterocycles. The fourth-order valence-corrected chi connectivity index (χ4v) is 3.20. The fraction of sp³-hybridized carbons (Fsp3) is 0.625. The van der Waals surface area contributed by atoms with Crippen molar-refractivity contribution in [3.05, 3.63) is 34.6 Å². The molecule has 0 bridgehead atoms. The molecule has 1 saturated heterocycles. The second-order valence-corrected chi connectivity index (χ2v) is 6.12. The molecule has 0 saturated carbocycles. The molecule has 1 aromatic carbocycles. The summed E-state index contributed by atoms with van der Waals surface area (Å²) >= 11 is 6.15. The van der Waals surface area contributed by atoms with E-state index in [0.717, 1.165) is 51.0 Å². The summed E-state index contributed by atoms with van der Waals surface area (Å²) in [5, 5.41) is 4.23. The first-order valence-corrected chi connectivity index (χ1v) is 7.87. The molecule has 0 atom stereocenters. The molecule has 2 rings (SSSR count). The van der Waals surface area contributed by atoms with Crippen molar-refractivity contribution in [1.29, 1.82) is 0 Å². The second kappa shape index (κ2) is 6.88. The molecule has 0 amide bonds. The minimum Gasteiger partial charge on any atom is -0.310 e. The van der Waals surface area contributed by atoms with Crippen molar-refractivity contribution in [3.63, 3.8) is 0 Å². The summed E-state index contributed by atoms with van der Waals surface area (Å²) in [5.74, 6) is -0.271. The molecule has 0 radical (unpaired) electrons. The normalized spacial score (nSPS) is 19.8. The van der Waals surface area contributed by atoms with Crippen LogP contribution in [0.5, 0.6) is 0 Å². The van der Waals surface area contributed by atoms with Crippen LogP contribution in [0.2, 0.25) is 5.02 Å². The van der Waals surface area contributed by atoms with E-state index in [4.69, 9.17) is 11.6 Å². The van der Waals surface area contributed by atoms with Gasteiger partial charge in [-0.1, -0.05) is 31.5 Å². The number of nitrogens with zero attached hydrogens (tertiary/aromatic N) is 1. The zero-order valence-corrected chi connectivity index (χ0v) is 13.1. The van der Waals surface area contributed by atoms with E-state index < -0.39 is 0 Å². The van der Waals surface area contributed by atoms with Crippen molar-refractivity contribution in [2.24, 2.45) is 0 Å². The van der Waals surface area contributed by atoms with Crippen LogP contribution in [0.25, 0.3) is 0 Å². The van der Waals surface area contributed by atoms with Crippen molar-refractivity contribution in [3.8, 4) is 0 Å². The molecule has 20 heavy (non-hydrogen) atoms. The van der Waals surface area contributed by atoms with Crippen LogP contribution in [0.3, 0.4) is 0 Å². The summed E-state index contributed by atoms with van der Waals surface area (Å²) in [7, 11) is 0. The number of nitrogens with one attached hydrogen (secondary N) is 1. The Bertz CT molecular complexity index is 446. The van der Waals surface area contributed by atoms with Crippen LogP contribution in [0, 0.1) is 5.82 Å². The van der Waals surface area contributed by atoms with Gasteiger partial charge in [-0.05, 0) is 50.0 Å². The number of halogens is 2. The summed E-state index contributed by atoms with van der Waals surface area (Å²) in [5.41, 5.74) is 1.21. The average molecular weight is 299 g/mol. The van der Waals surface area contributed by atoms with Crippen molar-refractivity contribution in [2.75, 3.05) is 19.6 Å². The smallest absolute Gasteiger partial charge is 0.124 e. The lowest BCUT2D eigenvalue weighted by Gasteiger charge is -2.35. The van der Waals surface area contributed by atoms with E-state index in [0.29, 0.717) is 5.02 Å². The first-order valence-electron chi connectivity index (χ1n) is 7.50. The standard InChI is InChI=1S/C16H24ClFN2/c1-3-16(4-2)12-20(9-5-8-19-16)11-13-6-7-14(18)10-15(13)17/h6-7,10,19H,3-5,8-9,11-12H2,1-2H3. The molecule has 1 fully saturated rings. The monoisotopic (exact) mass is 298 g/mol. The lowest BCUT2D eigenvalue weighted by molar-refractivity contribution is 0.191. The van der Waals surface area contributed by atoms with E-state index in [-0.39, 0.29) is 11.4 Å². The Hall–Kier alpha value is -0.640. The Morgan fingerprint density at radius 1 is 1.35 bits per heavy atom. The first-order chi connectivity index (χ1) is 9.58. The highest BCUT2D eigenvalue weighted by Crippen LogP contribution is 2.24. The molecule has 1 aromatic rings. The minimum absolute atomic E-state index is 0.197. The van der Waals surface area contributed by atoms with Crippen LogP contribution in [-0.2, 0) is 6.54 Å². The van der Waals surface area contributed by atoms with Crippen molar-refractivity contribution >= 4 is 11.6 Å². The number of benzene rings is 1. The van der Waals surface area contributed by atoms with Crippen molar-refractivity contribution < 1.29 is 4.39 Å². The summed E-state index contributed by atoms with van der Waals surface area (Å²) < 4.78 is 13.1. The minimum atomic E-state index is -0.271. The predicted molar refractivity (Wildman–Crippen MR) is 82.6 cm³/mol. The lowest BCUT2D eigenvalue weighted by atomic mass is 9.92. The molecule has 1 aliphatic heterocycles. The fourth-order valence-electron chi connectivity index (χ4n) is 2.97. The van der Waals surface area contributed by atoms with Crippen LogP contribution in [0.15, 0.2) is 18.2 Å². The van der Waals surface area contributed by atoms with Gasteiger partial charge in [0.25, 0.3) is 0 Å². The van der Waals surface area contributed by atoms with Gasteiger partial charge in [0.1, 0.15) is 5.82 Å². The number of hydrogen-bond acceptors (Lipinski definition) is 2. The summed E-state index contributed by atoms with van der Waals surface area (Å²) in [6.07, 6.45) is 3.38. The maximum Gasteiger partial charge on any atom is 0.124 e. The van der Waals surface area contributed by atoms with Crippen LogP contribution < -0.4 is 5.32 Å². The van der Waals surface area contributed by atoms with Crippen LogP contribution in [0.4, 0.5) is 4.39 Å². The Morgan fingerprint density at radius 2 is 2.10 bits per heavy atom. The van der Waals surface area contributed by atoms with Crippen LogP contribution >= 0.6 is 11.6 Å². The average Bonchev–Trinajstić information content (AvgIpc) is 2.65. The van der Waals surface area contributed by atoms with Gasteiger partial charge in [-0.15, -0.1) is 0 Å². The summed E-state index contributed by atoms with van der Waals surface area (Å²) in [6.45, 7) is 8.42. The molecule has 1 heterocycles. The molecule has 1 aliphatic rings. The Balaban J connectivity index is 2.11. The third-order valence-corrected chi connectivity index (χ3v) is 4.79. The van der Waals surface area contributed by atoms with E-state index in [2.05, 4.69) is 24.1 Å². The highest BCUT2D eigenvalue weighted by molar-refractivity contribution is 6.31. The molecule has 0 unspecified atom stereocenters. The maximum atomic E-state index is 13.1. The SMILES string of the molecule is CCC1(CC)CN(Cc2ccc(F)cc2Cl)CCCN1.